The fourth-order valence-corrected chi connectivity index (χ4v) is 5.91. The zero-order valence-corrected chi connectivity index (χ0v) is 22.7. The second-order valence-corrected chi connectivity index (χ2v) is 10.5. The van der Waals surface area contributed by atoms with Crippen LogP contribution in [0.4, 0.5) is 11.4 Å². The first-order chi connectivity index (χ1) is 19.5. The molecule has 0 aliphatic carbocycles. The lowest BCUT2D eigenvalue weighted by Gasteiger charge is -2.21. The Hall–Kier alpha value is -3.99. The van der Waals surface area contributed by atoms with Gasteiger partial charge in [-0.25, -0.2) is 0 Å². The molecule has 2 fully saturated rings. The van der Waals surface area contributed by atoms with E-state index in [2.05, 4.69) is 10.3 Å². The second kappa shape index (κ2) is 10.9. The van der Waals surface area contributed by atoms with Gasteiger partial charge in [0.15, 0.2) is 23.0 Å². The van der Waals surface area contributed by atoms with Gasteiger partial charge in [0.25, 0.3) is 11.8 Å². The second-order valence-electron chi connectivity index (χ2n) is 10.5. The summed E-state index contributed by atoms with van der Waals surface area (Å²) in [5, 5.41) is 13.4. The van der Waals surface area contributed by atoms with Crippen LogP contribution >= 0.6 is 0 Å². The highest BCUT2D eigenvalue weighted by Crippen LogP contribution is 2.39. The molecule has 0 unspecified atom stereocenters. The average molecular weight is 551 g/mol. The minimum atomic E-state index is -0.545. The zero-order valence-electron chi connectivity index (χ0n) is 22.7. The summed E-state index contributed by atoms with van der Waals surface area (Å²) in [7, 11) is 3.09. The molecule has 6 rings (SSSR count). The molecular formula is C29H34N4O7. The van der Waals surface area contributed by atoms with Gasteiger partial charge in [-0.1, -0.05) is 0 Å². The largest absolute Gasteiger partial charge is 0.493 e. The highest BCUT2D eigenvalue weighted by atomic mass is 16.5. The van der Waals surface area contributed by atoms with Crippen LogP contribution in [-0.4, -0.2) is 98.2 Å². The van der Waals surface area contributed by atoms with Crippen LogP contribution in [0.15, 0.2) is 29.3 Å². The van der Waals surface area contributed by atoms with Crippen LogP contribution in [-0.2, 0) is 0 Å². The molecule has 0 saturated carbocycles. The number of amides is 2. The van der Waals surface area contributed by atoms with Gasteiger partial charge >= 0.3 is 0 Å². The highest BCUT2D eigenvalue weighted by Gasteiger charge is 2.37. The van der Waals surface area contributed by atoms with E-state index in [-0.39, 0.29) is 30.4 Å². The molecule has 4 aliphatic rings. The average Bonchev–Trinajstić information content (AvgIpc) is 3.54. The number of hydrogen-bond donors (Lipinski definition) is 2. The van der Waals surface area contributed by atoms with E-state index in [1.54, 1.807) is 36.4 Å². The molecule has 3 atom stereocenters. The van der Waals surface area contributed by atoms with Crippen molar-refractivity contribution in [3.8, 4) is 23.0 Å². The molecule has 11 nitrogen and oxygen atoms in total. The van der Waals surface area contributed by atoms with Crippen molar-refractivity contribution < 1.29 is 33.6 Å². The number of benzene rings is 2. The zero-order chi connectivity index (χ0) is 27.8. The Bertz CT molecular complexity index is 1350. The number of methoxy groups -OCH3 is 2. The van der Waals surface area contributed by atoms with Crippen LogP contribution in [0.3, 0.4) is 0 Å². The van der Waals surface area contributed by atoms with Gasteiger partial charge in [-0.3, -0.25) is 14.6 Å². The van der Waals surface area contributed by atoms with Crippen molar-refractivity contribution in [2.75, 3.05) is 52.4 Å². The molecular weight excluding hydrogens is 516 g/mol. The number of carbonyl (C=O) groups excluding carboxylic acids is 2. The van der Waals surface area contributed by atoms with E-state index in [0.717, 1.165) is 31.6 Å². The van der Waals surface area contributed by atoms with E-state index in [0.29, 0.717) is 65.9 Å². The fraction of sp³-hybridized carbons (Fsp3) is 0.483. The molecule has 4 heterocycles. The molecule has 0 spiro atoms. The van der Waals surface area contributed by atoms with Crippen molar-refractivity contribution in [1.82, 2.24) is 9.80 Å². The molecule has 11 heteroatoms. The number of aliphatic hydroxyl groups excluding tert-OH is 1. The van der Waals surface area contributed by atoms with Crippen LogP contribution < -0.4 is 24.3 Å². The molecule has 0 aromatic heterocycles. The molecule has 0 radical (unpaired) electrons. The number of hydrogen-bond acceptors (Lipinski definition) is 9. The molecule has 2 N–H and O–H groups in total. The lowest BCUT2D eigenvalue weighted by Crippen LogP contribution is -2.36. The van der Waals surface area contributed by atoms with E-state index in [4.69, 9.17) is 18.9 Å². The first kappa shape index (κ1) is 26.2. The van der Waals surface area contributed by atoms with Gasteiger partial charge in [0, 0.05) is 56.9 Å². The smallest absolute Gasteiger partial charge is 0.256 e. The van der Waals surface area contributed by atoms with Gasteiger partial charge in [0.05, 0.1) is 62.1 Å². The van der Waals surface area contributed by atoms with Gasteiger partial charge < -0.3 is 39.2 Å². The first-order valence-corrected chi connectivity index (χ1v) is 13.7. The molecule has 40 heavy (non-hydrogen) atoms. The molecule has 2 saturated heterocycles. The third-order valence-corrected chi connectivity index (χ3v) is 7.98. The Kier molecular flexibility index (Phi) is 7.14. The summed E-state index contributed by atoms with van der Waals surface area (Å²) in [5.41, 5.74) is 2.29. The number of fused-ring (bicyclic) bond motifs is 4. The lowest BCUT2D eigenvalue weighted by atomic mass is 10.1. The summed E-state index contributed by atoms with van der Waals surface area (Å²) in [4.78, 5) is 34.3. The minimum absolute atomic E-state index is 0.0273. The monoisotopic (exact) mass is 550 g/mol. The van der Waals surface area contributed by atoms with Crippen molar-refractivity contribution >= 4 is 29.4 Å². The van der Waals surface area contributed by atoms with Crippen molar-refractivity contribution in [1.29, 1.82) is 0 Å². The van der Waals surface area contributed by atoms with Gasteiger partial charge in [0.1, 0.15) is 0 Å². The van der Waals surface area contributed by atoms with E-state index in [1.165, 1.54) is 7.11 Å². The fourth-order valence-electron chi connectivity index (χ4n) is 5.91. The number of rotatable bonds is 8. The summed E-state index contributed by atoms with van der Waals surface area (Å²) < 4.78 is 23.1. The Balaban J connectivity index is 1.10. The predicted molar refractivity (Wildman–Crippen MR) is 148 cm³/mol. The van der Waals surface area contributed by atoms with Crippen molar-refractivity contribution in [3.63, 3.8) is 0 Å². The lowest BCUT2D eigenvalue weighted by molar-refractivity contribution is 0.0743. The maximum atomic E-state index is 13.1. The Morgan fingerprint density at radius 1 is 0.950 bits per heavy atom. The van der Waals surface area contributed by atoms with Crippen LogP contribution in [0.1, 0.15) is 46.4 Å². The van der Waals surface area contributed by atoms with Gasteiger partial charge in [0.2, 0.25) is 0 Å². The number of nitrogens with zero attached hydrogens (tertiary/aromatic N) is 3. The van der Waals surface area contributed by atoms with E-state index >= 15 is 0 Å². The number of nitrogens with one attached hydrogen (secondary N) is 1. The van der Waals surface area contributed by atoms with Crippen LogP contribution in [0.25, 0.3) is 0 Å². The quantitative estimate of drug-likeness (QED) is 0.482. The summed E-state index contributed by atoms with van der Waals surface area (Å²) in [6.07, 6.45) is 4.25. The Morgan fingerprint density at radius 3 is 2.40 bits per heavy atom. The maximum Gasteiger partial charge on any atom is 0.256 e. The van der Waals surface area contributed by atoms with E-state index < -0.39 is 6.10 Å². The third kappa shape index (κ3) is 4.78. The van der Waals surface area contributed by atoms with Crippen LogP contribution in [0.5, 0.6) is 23.0 Å². The standard InChI is InChI=1S/C29H34N4O7/c1-37-24-10-20-22(30-14-17-5-3-6-32(17)28(20)35)12-26(24)39-7-4-8-40-27-13-23-21(11-25(27)38-2)29(36)33-16-19(34)9-18(33)15-31-23/h10-13,15,17-19,30,34H,3-9,14,16H2,1-2H3/t17-,18-,19+/m0/s1. The van der Waals surface area contributed by atoms with Crippen molar-refractivity contribution in [2.45, 2.75) is 43.9 Å². The molecule has 212 valence electrons. The van der Waals surface area contributed by atoms with Crippen LogP contribution in [0, 0.1) is 0 Å². The number of aliphatic imine (C=N–C) groups is 1. The minimum Gasteiger partial charge on any atom is -0.493 e. The highest BCUT2D eigenvalue weighted by molar-refractivity contribution is 6.03. The van der Waals surface area contributed by atoms with Crippen molar-refractivity contribution in [3.05, 3.63) is 35.4 Å². The van der Waals surface area contributed by atoms with Gasteiger partial charge in [-0.2, -0.15) is 0 Å². The van der Waals surface area contributed by atoms with Gasteiger partial charge in [-0.05, 0) is 25.0 Å². The topological polar surface area (TPSA) is 122 Å². The SMILES string of the molecule is COc1cc2c(cc1OCCCOc1cc3c(cc1OC)C(=O)N1CCC[C@H]1CN3)N=C[C@@H]1C[C@@H](O)CN1C2=O. The van der Waals surface area contributed by atoms with Crippen LogP contribution in [0.2, 0.25) is 0 Å². The number of aliphatic hydroxyl groups is 1. The predicted octanol–water partition coefficient (Wildman–Crippen LogP) is 2.87. The number of anilines is 1. The molecule has 4 aliphatic heterocycles. The molecule has 2 amide bonds. The molecule has 2 aromatic rings. The number of ether oxygens (including phenoxy) is 4. The first-order valence-electron chi connectivity index (χ1n) is 13.7. The van der Waals surface area contributed by atoms with Crippen molar-refractivity contribution in [2.24, 2.45) is 4.99 Å². The summed E-state index contributed by atoms with van der Waals surface area (Å²) in [5.74, 6) is 1.84. The number of carbonyl (C=O) groups is 2. The summed E-state index contributed by atoms with van der Waals surface area (Å²) >= 11 is 0. The Labute approximate surface area is 232 Å². The summed E-state index contributed by atoms with van der Waals surface area (Å²) in [6.45, 7) is 2.49. The van der Waals surface area contributed by atoms with E-state index in [9.17, 15) is 14.7 Å². The third-order valence-electron chi connectivity index (χ3n) is 7.98. The molecule has 2 aromatic carbocycles. The Morgan fingerprint density at radius 2 is 1.65 bits per heavy atom. The van der Waals surface area contributed by atoms with E-state index in [1.807, 2.05) is 11.0 Å². The summed E-state index contributed by atoms with van der Waals surface area (Å²) in [6, 6.07) is 6.94. The maximum absolute atomic E-state index is 13.1. The normalized spacial score (nSPS) is 22.9. The molecule has 0 bridgehead atoms. The van der Waals surface area contributed by atoms with Gasteiger partial charge in [-0.15, -0.1) is 0 Å².